The Kier molecular flexibility index (Phi) is 4.65. The molecule has 4 heteroatoms. The van der Waals surface area contributed by atoms with Gasteiger partial charge >= 0.3 is 0 Å². The second kappa shape index (κ2) is 6.87. The molecule has 0 atom stereocenters. The first kappa shape index (κ1) is 16.2. The third-order valence-corrected chi connectivity index (χ3v) is 4.25. The summed E-state index contributed by atoms with van der Waals surface area (Å²) in [7, 11) is 0. The zero-order valence-electron chi connectivity index (χ0n) is 14.5. The van der Waals surface area contributed by atoms with Gasteiger partial charge in [0.05, 0.1) is 0 Å². The van der Waals surface area contributed by atoms with E-state index in [1.165, 1.54) is 16.7 Å². The van der Waals surface area contributed by atoms with Gasteiger partial charge in [0, 0.05) is 18.9 Å². The third-order valence-electron chi connectivity index (χ3n) is 4.25. The molecule has 124 valence electrons. The lowest BCUT2D eigenvalue weighted by molar-refractivity contribution is 0.0949. The maximum atomic E-state index is 12.2. The smallest absolute Gasteiger partial charge is 0.271 e. The van der Waals surface area contributed by atoms with E-state index in [1.54, 1.807) is 6.20 Å². The molecule has 0 aliphatic heterocycles. The molecule has 0 bridgehead atoms. The van der Waals surface area contributed by atoms with Gasteiger partial charge in [-0.1, -0.05) is 23.8 Å². The van der Waals surface area contributed by atoms with Crippen molar-refractivity contribution in [2.45, 2.75) is 33.6 Å². The van der Waals surface area contributed by atoms with Gasteiger partial charge in [0.25, 0.3) is 5.91 Å². The molecule has 24 heavy (non-hydrogen) atoms. The summed E-state index contributed by atoms with van der Waals surface area (Å²) in [5, 5.41) is 2.96. The van der Waals surface area contributed by atoms with Crippen LogP contribution in [0, 0.1) is 20.8 Å². The Balaban J connectivity index is 1.55. The molecular weight excluding hydrogens is 298 g/mol. The molecule has 3 aromatic rings. The number of aromatic nitrogens is 2. The molecule has 0 unspecified atom stereocenters. The highest BCUT2D eigenvalue weighted by Gasteiger charge is 2.10. The Morgan fingerprint density at radius 2 is 1.92 bits per heavy atom. The Bertz CT molecular complexity index is 880. The van der Waals surface area contributed by atoms with Gasteiger partial charge in [-0.05, 0) is 62.4 Å². The molecule has 0 radical (unpaired) electrons. The van der Waals surface area contributed by atoms with Gasteiger partial charge in [-0.2, -0.15) is 0 Å². The summed E-state index contributed by atoms with van der Waals surface area (Å²) in [6, 6.07) is 10.5. The van der Waals surface area contributed by atoms with E-state index in [9.17, 15) is 4.79 Å². The molecule has 0 fully saturated rings. The van der Waals surface area contributed by atoms with Crippen molar-refractivity contribution in [3.63, 3.8) is 0 Å². The molecule has 1 N–H and O–H groups in total. The van der Waals surface area contributed by atoms with Crippen LogP contribution in [0.25, 0.3) is 5.65 Å². The fourth-order valence-corrected chi connectivity index (χ4v) is 2.89. The molecule has 2 aromatic heterocycles. The standard InChI is InChI=1S/C20H23N3O/c1-14-6-7-17(16(3)11-14)5-4-9-21-20(24)18-13-23-10-8-15(2)12-19(23)22-18/h6-8,10-13H,4-5,9H2,1-3H3,(H,21,24). The van der Waals surface area contributed by atoms with Crippen LogP contribution >= 0.6 is 0 Å². The van der Waals surface area contributed by atoms with E-state index in [0.29, 0.717) is 12.2 Å². The van der Waals surface area contributed by atoms with E-state index >= 15 is 0 Å². The summed E-state index contributed by atoms with van der Waals surface area (Å²) in [6.45, 7) is 6.91. The van der Waals surface area contributed by atoms with Crippen molar-refractivity contribution in [1.29, 1.82) is 0 Å². The lowest BCUT2D eigenvalue weighted by Gasteiger charge is -2.07. The molecule has 0 aliphatic carbocycles. The number of nitrogens with zero attached hydrogens (tertiary/aromatic N) is 2. The number of carbonyl (C=O) groups excluding carboxylic acids is 1. The van der Waals surface area contributed by atoms with Gasteiger partial charge < -0.3 is 9.72 Å². The largest absolute Gasteiger partial charge is 0.351 e. The minimum atomic E-state index is -0.114. The molecular formula is C20H23N3O. The number of rotatable bonds is 5. The number of benzene rings is 1. The predicted molar refractivity (Wildman–Crippen MR) is 96.5 cm³/mol. The normalized spacial score (nSPS) is 11.0. The van der Waals surface area contributed by atoms with Crippen LogP contribution in [0.15, 0.2) is 42.7 Å². The van der Waals surface area contributed by atoms with Crippen LogP contribution in [0.1, 0.15) is 39.2 Å². The van der Waals surface area contributed by atoms with Crippen LogP contribution in [0.5, 0.6) is 0 Å². The predicted octanol–water partition coefficient (Wildman–Crippen LogP) is 3.62. The van der Waals surface area contributed by atoms with Crippen LogP contribution in [0.2, 0.25) is 0 Å². The van der Waals surface area contributed by atoms with Crippen LogP contribution in [-0.2, 0) is 6.42 Å². The fraction of sp³-hybridized carbons (Fsp3) is 0.300. The van der Waals surface area contributed by atoms with Gasteiger partial charge in [0.2, 0.25) is 0 Å². The Morgan fingerprint density at radius 3 is 2.71 bits per heavy atom. The van der Waals surface area contributed by atoms with E-state index in [2.05, 4.69) is 42.3 Å². The van der Waals surface area contributed by atoms with Gasteiger partial charge in [-0.25, -0.2) is 4.98 Å². The molecule has 0 aliphatic rings. The average molecular weight is 321 g/mol. The van der Waals surface area contributed by atoms with E-state index < -0.39 is 0 Å². The lowest BCUT2D eigenvalue weighted by Crippen LogP contribution is -2.25. The monoisotopic (exact) mass is 321 g/mol. The number of aryl methyl sites for hydroxylation is 4. The van der Waals surface area contributed by atoms with Crippen LogP contribution < -0.4 is 5.32 Å². The fourth-order valence-electron chi connectivity index (χ4n) is 2.89. The van der Waals surface area contributed by atoms with E-state index in [4.69, 9.17) is 0 Å². The zero-order chi connectivity index (χ0) is 17.1. The van der Waals surface area contributed by atoms with Crippen molar-refractivity contribution in [3.05, 3.63) is 70.7 Å². The number of carbonyl (C=O) groups is 1. The summed E-state index contributed by atoms with van der Waals surface area (Å²) in [5.41, 5.74) is 6.35. The Hall–Kier alpha value is -2.62. The Labute approximate surface area is 142 Å². The zero-order valence-corrected chi connectivity index (χ0v) is 14.5. The van der Waals surface area contributed by atoms with Crippen LogP contribution in [-0.4, -0.2) is 21.8 Å². The highest BCUT2D eigenvalue weighted by Crippen LogP contribution is 2.12. The first-order chi connectivity index (χ1) is 11.5. The van der Waals surface area contributed by atoms with Crippen molar-refractivity contribution >= 4 is 11.6 Å². The van der Waals surface area contributed by atoms with Crippen molar-refractivity contribution < 1.29 is 4.79 Å². The summed E-state index contributed by atoms with van der Waals surface area (Å²) >= 11 is 0. The molecule has 0 spiro atoms. The molecule has 0 saturated carbocycles. The molecule has 1 amide bonds. The lowest BCUT2D eigenvalue weighted by atomic mass is 10.0. The minimum Gasteiger partial charge on any atom is -0.351 e. The molecule has 3 rings (SSSR count). The summed E-state index contributed by atoms with van der Waals surface area (Å²) in [4.78, 5) is 16.6. The van der Waals surface area contributed by atoms with Crippen LogP contribution in [0.3, 0.4) is 0 Å². The topological polar surface area (TPSA) is 46.4 Å². The highest BCUT2D eigenvalue weighted by atomic mass is 16.1. The SMILES string of the molecule is Cc1ccc(CCCNC(=O)c2cn3ccc(C)cc3n2)c(C)c1. The summed E-state index contributed by atoms with van der Waals surface area (Å²) in [6.07, 6.45) is 5.59. The number of amides is 1. The van der Waals surface area contributed by atoms with Gasteiger partial charge in [0.1, 0.15) is 11.3 Å². The Morgan fingerprint density at radius 1 is 1.12 bits per heavy atom. The van der Waals surface area contributed by atoms with E-state index in [0.717, 1.165) is 24.1 Å². The molecule has 2 heterocycles. The summed E-state index contributed by atoms with van der Waals surface area (Å²) < 4.78 is 1.87. The number of nitrogens with one attached hydrogen (secondary N) is 1. The number of hydrogen-bond acceptors (Lipinski definition) is 2. The third kappa shape index (κ3) is 3.65. The second-order valence-electron chi connectivity index (χ2n) is 6.39. The summed E-state index contributed by atoms with van der Waals surface area (Å²) in [5.74, 6) is -0.114. The van der Waals surface area contributed by atoms with Gasteiger partial charge in [0.15, 0.2) is 0 Å². The molecule has 1 aromatic carbocycles. The highest BCUT2D eigenvalue weighted by molar-refractivity contribution is 5.92. The van der Waals surface area contributed by atoms with Crippen molar-refractivity contribution in [1.82, 2.24) is 14.7 Å². The first-order valence-electron chi connectivity index (χ1n) is 8.32. The molecule has 0 saturated heterocycles. The van der Waals surface area contributed by atoms with Crippen LogP contribution in [0.4, 0.5) is 0 Å². The van der Waals surface area contributed by atoms with Gasteiger partial charge in [-0.15, -0.1) is 0 Å². The minimum absolute atomic E-state index is 0.114. The average Bonchev–Trinajstić information content (AvgIpc) is 2.96. The van der Waals surface area contributed by atoms with Crippen molar-refractivity contribution in [2.24, 2.45) is 0 Å². The second-order valence-corrected chi connectivity index (χ2v) is 6.39. The van der Waals surface area contributed by atoms with E-state index in [-0.39, 0.29) is 5.91 Å². The van der Waals surface area contributed by atoms with Crippen molar-refractivity contribution in [3.8, 4) is 0 Å². The maximum Gasteiger partial charge on any atom is 0.271 e. The van der Waals surface area contributed by atoms with E-state index in [1.807, 2.05) is 29.7 Å². The number of pyridine rings is 1. The maximum absolute atomic E-state index is 12.2. The number of imidazole rings is 1. The number of hydrogen-bond donors (Lipinski definition) is 1. The molecule has 4 nitrogen and oxygen atoms in total. The van der Waals surface area contributed by atoms with Gasteiger partial charge in [-0.3, -0.25) is 4.79 Å². The quantitative estimate of drug-likeness (QED) is 0.730. The van der Waals surface area contributed by atoms with Crippen molar-refractivity contribution in [2.75, 3.05) is 6.54 Å². The number of fused-ring (bicyclic) bond motifs is 1. The first-order valence-corrected chi connectivity index (χ1v) is 8.32.